The van der Waals surface area contributed by atoms with Gasteiger partial charge in [-0.05, 0) is 56.4 Å². The van der Waals surface area contributed by atoms with Gasteiger partial charge in [-0.1, -0.05) is 127 Å². The van der Waals surface area contributed by atoms with E-state index in [-0.39, 0.29) is 0 Å². The molecule has 0 saturated carbocycles. The summed E-state index contributed by atoms with van der Waals surface area (Å²) in [6.45, 7) is 0. The second-order valence-corrected chi connectivity index (χ2v) is 10.8. The molecule has 2 heterocycles. The summed E-state index contributed by atoms with van der Waals surface area (Å²) < 4.78 is 13.3. The Kier molecular flexibility index (Phi) is 4.93. The zero-order chi connectivity index (χ0) is 27.6. The second-order valence-electron chi connectivity index (χ2n) is 10.8. The SMILES string of the molecule is c1ccc(-c2c3ccccc3c(-c3oc4ccc5oc6ccccc6c5c4c3-c3ccccc3)c3ccccc23)cc1. The summed E-state index contributed by atoms with van der Waals surface area (Å²) in [5.74, 6) is 0.876. The van der Waals surface area contributed by atoms with Crippen LogP contribution in [0.15, 0.2) is 154 Å². The number of benzene rings is 7. The fourth-order valence-electron chi connectivity index (χ4n) is 6.75. The van der Waals surface area contributed by atoms with Gasteiger partial charge in [0.05, 0.1) is 0 Å². The van der Waals surface area contributed by atoms with Crippen LogP contribution in [0.25, 0.3) is 88.0 Å². The first-order chi connectivity index (χ1) is 20.9. The van der Waals surface area contributed by atoms with Crippen molar-refractivity contribution in [2.45, 2.75) is 0 Å². The Morgan fingerprint density at radius 2 is 0.738 bits per heavy atom. The van der Waals surface area contributed by atoms with Crippen molar-refractivity contribution in [2.75, 3.05) is 0 Å². The average molecular weight is 537 g/mol. The van der Waals surface area contributed by atoms with Gasteiger partial charge in [0, 0.05) is 27.3 Å². The zero-order valence-electron chi connectivity index (χ0n) is 22.7. The highest BCUT2D eigenvalue weighted by Gasteiger charge is 2.26. The van der Waals surface area contributed by atoms with E-state index in [1.54, 1.807) is 0 Å². The molecule has 0 aliphatic carbocycles. The Labute approximate surface area is 242 Å². The van der Waals surface area contributed by atoms with Crippen LogP contribution in [0.1, 0.15) is 0 Å². The molecule has 0 radical (unpaired) electrons. The van der Waals surface area contributed by atoms with Gasteiger partial charge in [-0.15, -0.1) is 0 Å². The summed E-state index contributed by atoms with van der Waals surface area (Å²) in [7, 11) is 0. The van der Waals surface area contributed by atoms with E-state index in [1.165, 1.54) is 32.7 Å². The van der Waals surface area contributed by atoms with Crippen molar-refractivity contribution < 1.29 is 8.83 Å². The molecule has 0 amide bonds. The molecule has 2 heteroatoms. The molecule has 0 aliphatic heterocycles. The summed E-state index contributed by atoms with van der Waals surface area (Å²) in [5, 5.41) is 8.01. The minimum absolute atomic E-state index is 0.850. The van der Waals surface area contributed by atoms with Gasteiger partial charge in [0.15, 0.2) is 0 Å². The van der Waals surface area contributed by atoms with E-state index >= 15 is 0 Å². The lowest BCUT2D eigenvalue weighted by atomic mass is 9.86. The number of hydrogen-bond donors (Lipinski definition) is 0. The zero-order valence-corrected chi connectivity index (χ0v) is 22.7. The van der Waals surface area contributed by atoms with Crippen molar-refractivity contribution in [1.29, 1.82) is 0 Å². The first-order valence-electron chi connectivity index (χ1n) is 14.3. The second kappa shape index (κ2) is 8.95. The number of hydrogen-bond acceptors (Lipinski definition) is 2. The molecule has 7 aromatic carbocycles. The highest BCUT2D eigenvalue weighted by atomic mass is 16.3. The van der Waals surface area contributed by atoms with Crippen LogP contribution in [0.5, 0.6) is 0 Å². The lowest BCUT2D eigenvalue weighted by molar-refractivity contribution is 0.633. The Hall–Kier alpha value is -5.60. The maximum atomic E-state index is 6.99. The van der Waals surface area contributed by atoms with Crippen LogP contribution in [0.3, 0.4) is 0 Å². The molecule has 0 bridgehead atoms. The Balaban J connectivity index is 1.51. The normalized spacial score (nSPS) is 11.8. The van der Waals surface area contributed by atoms with E-state index in [4.69, 9.17) is 8.83 Å². The van der Waals surface area contributed by atoms with E-state index in [0.717, 1.165) is 55.4 Å². The summed E-state index contributed by atoms with van der Waals surface area (Å²) in [5.41, 5.74) is 8.35. The Morgan fingerprint density at radius 3 is 1.33 bits per heavy atom. The molecule has 0 atom stereocenters. The standard InChI is InChI=1S/C40H24O2/c1-3-13-25(14-4-1)35-27-17-7-9-19-29(27)37(30-20-10-8-18-28(30)35)40-36(26-15-5-2-6-16-26)39-34(42-40)24-23-33-38(39)31-21-11-12-22-32(31)41-33/h1-24H. The number of fused-ring (bicyclic) bond motifs is 7. The van der Waals surface area contributed by atoms with Crippen LogP contribution >= 0.6 is 0 Å². The Bertz CT molecular complexity index is 2390. The molecule has 0 saturated heterocycles. The predicted octanol–water partition coefficient (Wildman–Crippen LogP) is 11.6. The smallest absolute Gasteiger partial charge is 0.144 e. The summed E-state index contributed by atoms with van der Waals surface area (Å²) in [6.07, 6.45) is 0. The predicted molar refractivity (Wildman–Crippen MR) is 175 cm³/mol. The molecule has 196 valence electrons. The van der Waals surface area contributed by atoms with Gasteiger partial charge in [0.25, 0.3) is 0 Å². The highest BCUT2D eigenvalue weighted by Crippen LogP contribution is 2.51. The first-order valence-corrected chi connectivity index (χ1v) is 14.3. The summed E-state index contributed by atoms with van der Waals surface area (Å²) >= 11 is 0. The molecule has 0 N–H and O–H groups in total. The molecule has 0 unspecified atom stereocenters. The van der Waals surface area contributed by atoms with Crippen LogP contribution < -0.4 is 0 Å². The molecule has 0 aliphatic rings. The molecular formula is C40H24O2. The highest BCUT2D eigenvalue weighted by molar-refractivity contribution is 6.27. The third-order valence-electron chi connectivity index (χ3n) is 8.48. The van der Waals surface area contributed by atoms with Gasteiger partial charge in [-0.3, -0.25) is 0 Å². The van der Waals surface area contributed by atoms with Crippen molar-refractivity contribution in [3.05, 3.63) is 146 Å². The lowest BCUT2D eigenvalue weighted by Gasteiger charge is -2.17. The van der Waals surface area contributed by atoms with Gasteiger partial charge in [0.2, 0.25) is 0 Å². The molecule has 42 heavy (non-hydrogen) atoms. The topological polar surface area (TPSA) is 26.3 Å². The molecule has 9 rings (SSSR count). The molecule has 9 aromatic rings. The molecule has 2 aromatic heterocycles. The average Bonchev–Trinajstić information content (AvgIpc) is 3.62. The molecule has 2 nitrogen and oxygen atoms in total. The lowest BCUT2D eigenvalue weighted by Crippen LogP contribution is -1.91. The molecular weight excluding hydrogens is 512 g/mol. The summed E-state index contributed by atoms with van der Waals surface area (Å²) in [6, 6.07) is 51.1. The van der Waals surface area contributed by atoms with Crippen LogP contribution in [-0.2, 0) is 0 Å². The van der Waals surface area contributed by atoms with E-state index < -0.39 is 0 Å². The maximum Gasteiger partial charge on any atom is 0.144 e. The number of rotatable bonds is 3. The number of furan rings is 2. The van der Waals surface area contributed by atoms with Crippen molar-refractivity contribution in [3.8, 4) is 33.6 Å². The fraction of sp³-hybridized carbons (Fsp3) is 0. The van der Waals surface area contributed by atoms with Crippen molar-refractivity contribution in [2.24, 2.45) is 0 Å². The van der Waals surface area contributed by atoms with Crippen LogP contribution in [-0.4, -0.2) is 0 Å². The third-order valence-corrected chi connectivity index (χ3v) is 8.48. The van der Waals surface area contributed by atoms with E-state index in [9.17, 15) is 0 Å². The van der Waals surface area contributed by atoms with E-state index in [0.29, 0.717) is 0 Å². The van der Waals surface area contributed by atoms with Crippen molar-refractivity contribution >= 4 is 54.5 Å². The minimum atomic E-state index is 0.850. The fourth-order valence-corrected chi connectivity index (χ4v) is 6.75. The van der Waals surface area contributed by atoms with Gasteiger partial charge < -0.3 is 8.83 Å². The minimum Gasteiger partial charge on any atom is -0.456 e. The number of para-hydroxylation sites is 1. The van der Waals surface area contributed by atoms with E-state index in [1.807, 2.05) is 18.2 Å². The van der Waals surface area contributed by atoms with Crippen LogP contribution in [0.4, 0.5) is 0 Å². The molecule has 0 fully saturated rings. The van der Waals surface area contributed by atoms with Crippen LogP contribution in [0, 0.1) is 0 Å². The van der Waals surface area contributed by atoms with Gasteiger partial charge in [0.1, 0.15) is 22.5 Å². The van der Waals surface area contributed by atoms with Crippen LogP contribution in [0.2, 0.25) is 0 Å². The maximum absolute atomic E-state index is 6.99. The largest absolute Gasteiger partial charge is 0.456 e. The van der Waals surface area contributed by atoms with Crippen molar-refractivity contribution in [1.82, 2.24) is 0 Å². The van der Waals surface area contributed by atoms with Gasteiger partial charge >= 0.3 is 0 Å². The first kappa shape index (κ1) is 23.1. The van der Waals surface area contributed by atoms with Crippen molar-refractivity contribution in [3.63, 3.8) is 0 Å². The third kappa shape index (κ3) is 3.27. The quantitative estimate of drug-likeness (QED) is 0.210. The molecule has 0 spiro atoms. The van der Waals surface area contributed by atoms with Gasteiger partial charge in [-0.2, -0.15) is 0 Å². The Morgan fingerprint density at radius 1 is 0.286 bits per heavy atom. The van der Waals surface area contributed by atoms with Gasteiger partial charge in [-0.25, -0.2) is 0 Å². The summed E-state index contributed by atoms with van der Waals surface area (Å²) in [4.78, 5) is 0. The van der Waals surface area contributed by atoms with E-state index in [2.05, 4.69) is 127 Å². The monoisotopic (exact) mass is 536 g/mol.